The molecule has 34 heavy (non-hydrogen) atoms. The lowest BCUT2D eigenvalue weighted by Gasteiger charge is -2.17. The van der Waals surface area contributed by atoms with Crippen LogP contribution in [-0.2, 0) is 0 Å². The molecule has 0 fully saturated rings. The van der Waals surface area contributed by atoms with Gasteiger partial charge in [0, 0.05) is 5.56 Å². The van der Waals surface area contributed by atoms with Crippen molar-refractivity contribution in [2.75, 3.05) is 7.11 Å². The van der Waals surface area contributed by atoms with Crippen LogP contribution in [0.2, 0.25) is 0 Å². The Balaban J connectivity index is 2.04. The number of carbonyl (C=O) groups is 3. The number of hydrogen-bond acceptors (Lipinski definition) is 10. The lowest BCUT2D eigenvalue weighted by Crippen LogP contribution is -2.20. The van der Waals surface area contributed by atoms with E-state index in [0.29, 0.717) is 5.56 Å². The Morgan fingerprint density at radius 2 is 1.88 bits per heavy atom. The Kier molecular flexibility index (Phi) is 5.71. The molecule has 11 heteroatoms. The lowest BCUT2D eigenvalue weighted by atomic mass is 9.96. The molecule has 4 rings (SSSR count). The minimum absolute atomic E-state index is 0.126. The highest BCUT2D eigenvalue weighted by Gasteiger charge is 2.36. The van der Waals surface area contributed by atoms with Gasteiger partial charge in [-0.25, -0.2) is 9.59 Å². The third-order valence-corrected chi connectivity index (χ3v) is 6.14. The van der Waals surface area contributed by atoms with E-state index in [4.69, 9.17) is 20.1 Å². The number of aryl methyl sites for hydroxylation is 1. The molecular formula is C23H18N2O8S. The molecule has 0 bridgehead atoms. The fourth-order valence-electron chi connectivity index (χ4n) is 3.67. The van der Waals surface area contributed by atoms with Crippen LogP contribution < -0.4 is 20.1 Å². The van der Waals surface area contributed by atoms with E-state index in [1.807, 2.05) is 0 Å². The van der Waals surface area contributed by atoms with E-state index < -0.39 is 23.5 Å². The van der Waals surface area contributed by atoms with Gasteiger partial charge in [-0.1, -0.05) is 6.07 Å². The number of benzene rings is 2. The first kappa shape index (κ1) is 22.8. The Hall–Kier alpha value is -4.38. The number of Topliss-reactive ketones (excluding diaryl/α,β-unsaturated/α-hetero) is 1. The van der Waals surface area contributed by atoms with Gasteiger partial charge in [0.25, 0.3) is 0 Å². The maximum atomic E-state index is 13.2. The zero-order valence-electron chi connectivity index (χ0n) is 18.2. The molecule has 1 aliphatic heterocycles. The molecule has 0 atom stereocenters. The predicted octanol–water partition coefficient (Wildman–Crippen LogP) is 3.65. The van der Waals surface area contributed by atoms with Crippen molar-refractivity contribution in [2.45, 2.75) is 13.8 Å². The molecule has 0 radical (unpaired) electrons. The highest BCUT2D eigenvalue weighted by atomic mass is 32.1. The molecule has 1 aliphatic rings. The number of hydrogen-bond donors (Lipinski definition) is 3. The van der Waals surface area contributed by atoms with Crippen molar-refractivity contribution in [2.24, 2.45) is 10.9 Å². The minimum atomic E-state index is -1.38. The van der Waals surface area contributed by atoms with E-state index in [1.54, 1.807) is 24.4 Å². The molecule has 3 aromatic rings. The molecule has 0 amide bonds. The number of thiophene rings is 1. The van der Waals surface area contributed by atoms with Gasteiger partial charge in [-0.2, -0.15) is 5.10 Å². The monoisotopic (exact) mass is 482 g/mol. The molecule has 4 N–H and O–H groups in total. The fraction of sp³-hybridized carbons (Fsp3) is 0.130. The Bertz CT molecular complexity index is 1390. The molecule has 0 unspecified atom stereocenters. The highest BCUT2D eigenvalue weighted by Crippen LogP contribution is 2.48. The zero-order chi connectivity index (χ0) is 24.7. The molecule has 2 heterocycles. The molecule has 0 aliphatic carbocycles. The molecular weight excluding hydrogens is 464 g/mol. The van der Waals surface area contributed by atoms with E-state index in [1.165, 1.54) is 26.2 Å². The molecule has 1 aromatic heterocycles. The second-order valence-corrected chi connectivity index (χ2v) is 8.23. The summed E-state index contributed by atoms with van der Waals surface area (Å²) in [5.41, 5.74) is -0.560. The van der Waals surface area contributed by atoms with Crippen molar-refractivity contribution in [1.29, 1.82) is 0 Å². The number of phenols is 1. The Labute approximate surface area is 196 Å². The number of methoxy groups -OCH3 is 1. The van der Waals surface area contributed by atoms with E-state index in [-0.39, 0.29) is 55.8 Å². The zero-order valence-corrected chi connectivity index (χ0v) is 19.0. The average Bonchev–Trinajstić information content (AvgIpc) is 3.27. The normalized spacial score (nSPS) is 12.7. The van der Waals surface area contributed by atoms with Crippen LogP contribution in [0, 0.1) is 13.8 Å². The van der Waals surface area contributed by atoms with Crippen LogP contribution in [0.1, 0.15) is 47.1 Å². The van der Waals surface area contributed by atoms with Crippen molar-refractivity contribution in [3.8, 4) is 28.7 Å². The van der Waals surface area contributed by atoms with Crippen LogP contribution in [0.25, 0.3) is 0 Å². The molecule has 0 saturated heterocycles. The van der Waals surface area contributed by atoms with Crippen LogP contribution in [0.3, 0.4) is 0 Å². The summed E-state index contributed by atoms with van der Waals surface area (Å²) >= 11 is 1.13. The van der Waals surface area contributed by atoms with Gasteiger partial charge in [0.15, 0.2) is 17.2 Å². The van der Waals surface area contributed by atoms with E-state index >= 15 is 0 Å². The van der Waals surface area contributed by atoms with Crippen molar-refractivity contribution >= 4 is 34.8 Å². The predicted molar refractivity (Wildman–Crippen MR) is 122 cm³/mol. The number of ether oxygens (including phenoxy) is 3. The number of carboxylic acids is 1. The number of nitrogens with two attached hydrogens (primary N) is 1. The van der Waals surface area contributed by atoms with E-state index in [9.17, 15) is 24.6 Å². The topological polar surface area (TPSA) is 158 Å². The molecule has 10 nitrogen and oxygen atoms in total. The van der Waals surface area contributed by atoms with Crippen molar-refractivity contribution in [1.82, 2.24) is 0 Å². The van der Waals surface area contributed by atoms with Gasteiger partial charge >= 0.3 is 11.9 Å². The average molecular weight is 482 g/mol. The molecule has 0 spiro atoms. The van der Waals surface area contributed by atoms with Gasteiger partial charge in [-0.3, -0.25) is 4.79 Å². The van der Waals surface area contributed by atoms with Crippen molar-refractivity contribution in [3.05, 3.63) is 62.3 Å². The molecule has 2 aromatic carbocycles. The quantitative estimate of drug-likeness (QED) is 0.123. The smallest absolute Gasteiger partial charge is 0.347 e. The largest absolute Gasteiger partial charge is 0.507 e. The van der Waals surface area contributed by atoms with E-state index in [2.05, 4.69) is 5.10 Å². The van der Waals surface area contributed by atoms with Crippen molar-refractivity contribution < 1.29 is 38.8 Å². The number of phenolic OH excluding ortho intramolecular Hbond substituents is 1. The first-order valence-corrected chi connectivity index (χ1v) is 10.6. The number of hydrazone groups is 1. The second kappa shape index (κ2) is 8.52. The van der Waals surface area contributed by atoms with Crippen molar-refractivity contribution in [3.63, 3.8) is 0 Å². The van der Waals surface area contributed by atoms with Gasteiger partial charge in [-0.05, 0) is 43.0 Å². The number of carbonyl (C=O) groups excluding carboxylic acids is 2. The first-order chi connectivity index (χ1) is 16.2. The fourth-order valence-corrected chi connectivity index (χ4v) is 4.33. The van der Waals surface area contributed by atoms with Gasteiger partial charge in [0.2, 0.25) is 5.78 Å². The summed E-state index contributed by atoms with van der Waals surface area (Å²) in [5.74, 6) is 1.60. The van der Waals surface area contributed by atoms with Gasteiger partial charge in [0.05, 0.1) is 17.6 Å². The number of rotatable bonds is 5. The Morgan fingerprint density at radius 3 is 2.47 bits per heavy atom. The van der Waals surface area contributed by atoms with Crippen LogP contribution in [0.15, 0.2) is 34.7 Å². The van der Waals surface area contributed by atoms with Crippen LogP contribution in [0.4, 0.5) is 0 Å². The standard InChI is InChI=1S/C23H18N2O8S/c1-9-7-12(26)16(17(25-24)18(27)14-5-4-6-34-14)21-15(9)23(30)33-19-10(2)13(31-3)8-11(22(28)29)20(19)32-21/h4-8,26H,24H2,1-3H3,(H,28,29). The SMILES string of the molecule is COc1cc(C(=O)O)c2c(c1C)OC(=O)c1c(C)cc(O)c(C(=NN)C(=O)c3cccs3)c1O2. The number of nitrogens with zero attached hydrogens (tertiary/aromatic N) is 1. The minimum Gasteiger partial charge on any atom is -0.507 e. The number of carboxylic acid groups (broad SMARTS) is 1. The summed E-state index contributed by atoms with van der Waals surface area (Å²) in [4.78, 5) is 38.5. The number of aromatic hydroxyl groups is 1. The molecule has 174 valence electrons. The second-order valence-electron chi connectivity index (χ2n) is 7.28. The maximum Gasteiger partial charge on any atom is 0.347 e. The first-order valence-electron chi connectivity index (χ1n) is 9.77. The summed E-state index contributed by atoms with van der Waals surface area (Å²) in [6, 6.07) is 5.66. The summed E-state index contributed by atoms with van der Waals surface area (Å²) in [6.07, 6.45) is 0. The van der Waals surface area contributed by atoms with Gasteiger partial charge < -0.3 is 30.3 Å². The lowest BCUT2D eigenvalue weighted by molar-refractivity contribution is 0.0685. The summed E-state index contributed by atoms with van der Waals surface area (Å²) < 4.78 is 16.7. The summed E-state index contributed by atoms with van der Waals surface area (Å²) in [6.45, 7) is 3.09. The molecule has 0 saturated carbocycles. The maximum absolute atomic E-state index is 13.2. The van der Waals surface area contributed by atoms with Crippen LogP contribution in [-0.4, -0.2) is 40.8 Å². The van der Waals surface area contributed by atoms with E-state index in [0.717, 1.165) is 11.3 Å². The van der Waals surface area contributed by atoms with Crippen LogP contribution in [0.5, 0.6) is 28.7 Å². The van der Waals surface area contributed by atoms with Crippen LogP contribution >= 0.6 is 11.3 Å². The third kappa shape index (κ3) is 3.52. The third-order valence-electron chi connectivity index (χ3n) is 5.27. The summed E-state index contributed by atoms with van der Waals surface area (Å²) in [7, 11) is 1.34. The Morgan fingerprint density at radius 1 is 1.15 bits per heavy atom. The van der Waals surface area contributed by atoms with Gasteiger partial charge in [0.1, 0.15) is 28.3 Å². The summed E-state index contributed by atoms with van der Waals surface area (Å²) in [5, 5.41) is 25.8. The number of aromatic carboxylic acids is 1. The van der Waals surface area contributed by atoms with Gasteiger partial charge in [-0.15, -0.1) is 11.3 Å². The highest BCUT2D eigenvalue weighted by molar-refractivity contribution is 7.13. The number of esters is 1. The number of ketones is 1. The number of fused-ring (bicyclic) bond motifs is 2.